The lowest BCUT2D eigenvalue weighted by atomic mass is 9.85. The standard InChI is InChI=1S/C28H27NO7/c1-28(2,3)17-9-12-20(35-4)19(15-17)25(32)23-24(21-6-5-13-36-21)29(27(34)26(23)33)18-10-7-16(8-11-18)14-22(30)31/h5-13,15,24,32H,14H2,1-4H3,(H,30,31)/b25-23+. The number of aliphatic carboxylic acids is 1. The van der Waals surface area contributed by atoms with Crippen LogP contribution in [-0.4, -0.2) is 35.0 Å². The number of aliphatic hydroxyl groups is 1. The Balaban J connectivity index is 1.90. The molecule has 8 nitrogen and oxygen atoms in total. The Morgan fingerprint density at radius 2 is 1.75 bits per heavy atom. The number of nitrogens with zero attached hydrogens (tertiary/aromatic N) is 1. The number of anilines is 1. The van der Waals surface area contributed by atoms with Crippen molar-refractivity contribution in [1.82, 2.24) is 0 Å². The molecule has 1 fully saturated rings. The molecule has 2 N–H and O–H groups in total. The van der Waals surface area contributed by atoms with Crippen LogP contribution < -0.4 is 9.64 Å². The number of aliphatic hydroxyl groups excluding tert-OH is 1. The van der Waals surface area contributed by atoms with E-state index in [1.807, 2.05) is 26.8 Å². The third kappa shape index (κ3) is 4.49. The lowest BCUT2D eigenvalue weighted by Crippen LogP contribution is -2.29. The summed E-state index contributed by atoms with van der Waals surface area (Å²) in [6, 6.07) is 13.9. The summed E-state index contributed by atoms with van der Waals surface area (Å²) in [5, 5.41) is 20.5. The molecule has 1 aliphatic heterocycles. The number of hydrogen-bond acceptors (Lipinski definition) is 6. The van der Waals surface area contributed by atoms with Crippen molar-refractivity contribution < 1.29 is 33.8 Å². The highest BCUT2D eigenvalue weighted by molar-refractivity contribution is 6.51. The van der Waals surface area contributed by atoms with Crippen molar-refractivity contribution in [2.45, 2.75) is 38.6 Å². The number of carbonyl (C=O) groups is 3. The fourth-order valence-electron chi connectivity index (χ4n) is 4.27. The SMILES string of the molecule is COc1ccc(C(C)(C)C)cc1/C(O)=C1\C(=O)C(=O)N(c2ccc(CC(=O)O)cc2)C1c1ccco1. The molecule has 0 aliphatic carbocycles. The number of Topliss-reactive ketones (excluding diaryl/α,β-unsaturated/α-hetero) is 1. The Hall–Kier alpha value is -4.33. The Labute approximate surface area is 208 Å². The number of ketones is 1. The lowest BCUT2D eigenvalue weighted by Gasteiger charge is -2.24. The summed E-state index contributed by atoms with van der Waals surface area (Å²) < 4.78 is 11.1. The summed E-state index contributed by atoms with van der Waals surface area (Å²) in [6.45, 7) is 6.07. The van der Waals surface area contributed by atoms with Gasteiger partial charge in [0.25, 0.3) is 11.7 Å². The third-order valence-corrected chi connectivity index (χ3v) is 6.15. The first-order chi connectivity index (χ1) is 17.0. The maximum absolute atomic E-state index is 13.3. The molecular weight excluding hydrogens is 462 g/mol. The molecule has 8 heteroatoms. The molecule has 2 aromatic carbocycles. The largest absolute Gasteiger partial charge is 0.507 e. The molecular formula is C28H27NO7. The maximum atomic E-state index is 13.3. The van der Waals surface area contributed by atoms with Crippen LogP contribution in [0.4, 0.5) is 5.69 Å². The van der Waals surface area contributed by atoms with Gasteiger partial charge in [-0.1, -0.05) is 39.0 Å². The van der Waals surface area contributed by atoms with Gasteiger partial charge in [-0.25, -0.2) is 0 Å². The second kappa shape index (κ2) is 9.37. The summed E-state index contributed by atoms with van der Waals surface area (Å²) in [5.41, 5.74) is 1.72. The van der Waals surface area contributed by atoms with Crippen molar-refractivity contribution in [3.63, 3.8) is 0 Å². The predicted octanol–water partition coefficient (Wildman–Crippen LogP) is 4.84. The van der Waals surface area contributed by atoms with Crippen LogP contribution >= 0.6 is 0 Å². The monoisotopic (exact) mass is 489 g/mol. The van der Waals surface area contributed by atoms with Crippen molar-refractivity contribution in [3.8, 4) is 5.75 Å². The van der Waals surface area contributed by atoms with E-state index in [4.69, 9.17) is 14.3 Å². The predicted molar refractivity (Wildman–Crippen MR) is 133 cm³/mol. The number of furan rings is 1. The van der Waals surface area contributed by atoms with Gasteiger partial charge in [0.05, 0.1) is 30.9 Å². The molecule has 1 amide bonds. The second-order valence-corrected chi connectivity index (χ2v) is 9.59. The molecule has 0 saturated carbocycles. The van der Waals surface area contributed by atoms with Crippen LogP contribution in [0.2, 0.25) is 0 Å². The van der Waals surface area contributed by atoms with E-state index < -0.39 is 23.7 Å². The van der Waals surface area contributed by atoms with Gasteiger partial charge < -0.3 is 19.4 Å². The van der Waals surface area contributed by atoms with Gasteiger partial charge in [0.1, 0.15) is 23.3 Å². The molecule has 1 aliphatic rings. The molecule has 1 aromatic heterocycles. The van der Waals surface area contributed by atoms with E-state index in [9.17, 15) is 19.5 Å². The van der Waals surface area contributed by atoms with Gasteiger partial charge in [0, 0.05) is 5.69 Å². The van der Waals surface area contributed by atoms with E-state index in [1.165, 1.54) is 18.3 Å². The van der Waals surface area contributed by atoms with Crippen LogP contribution in [0.3, 0.4) is 0 Å². The zero-order valence-electron chi connectivity index (χ0n) is 20.4. The van der Waals surface area contributed by atoms with E-state index in [-0.39, 0.29) is 34.5 Å². The number of carbonyl (C=O) groups excluding carboxylic acids is 2. The molecule has 3 aromatic rings. The fourth-order valence-corrected chi connectivity index (χ4v) is 4.27. The van der Waals surface area contributed by atoms with E-state index in [2.05, 4.69) is 0 Å². The van der Waals surface area contributed by atoms with Crippen molar-refractivity contribution in [3.05, 3.63) is 88.9 Å². The average Bonchev–Trinajstić information content (AvgIpc) is 3.45. The molecule has 1 unspecified atom stereocenters. The highest BCUT2D eigenvalue weighted by Gasteiger charge is 2.48. The molecule has 36 heavy (non-hydrogen) atoms. The first kappa shape index (κ1) is 24.8. The summed E-state index contributed by atoms with van der Waals surface area (Å²) in [4.78, 5) is 38.9. The lowest BCUT2D eigenvalue weighted by molar-refractivity contribution is -0.136. The van der Waals surface area contributed by atoms with Crippen LogP contribution in [0.15, 0.2) is 70.9 Å². The topological polar surface area (TPSA) is 117 Å². The number of benzene rings is 2. The van der Waals surface area contributed by atoms with Crippen LogP contribution in [-0.2, 0) is 26.2 Å². The summed E-state index contributed by atoms with van der Waals surface area (Å²) in [7, 11) is 1.46. The average molecular weight is 490 g/mol. The van der Waals surface area contributed by atoms with Crippen LogP contribution in [0, 0.1) is 0 Å². The minimum absolute atomic E-state index is 0.131. The molecule has 186 valence electrons. The van der Waals surface area contributed by atoms with E-state index in [1.54, 1.807) is 48.5 Å². The number of hydrogen-bond donors (Lipinski definition) is 2. The quantitative estimate of drug-likeness (QED) is 0.289. The number of carboxylic acid groups (broad SMARTS) is 1. The zero-order valence-corrected chi connectivity index (χ0v) is 20.4. The van der Waals surface area contributed by atoms with Gasteiger partial charge in [-0.3, -0.25) is 19.3 Å². The highest BCUT2D eigenvalue weighted by atomic mass is 16.5. The zero-order chi connectivity index (χ0) is 26.2. The number of ether oxygens (including phenoxy) is 1. The number of carboxylic acids is 1. The van der Waals surface area contributed by atoms with Crippen molar-refractivity contribution in [2.24, 2.45) is 0 Å². The van der Waals surface area contributed by atoms with Crippen LogP contribution in [0.1, 0.15) is 49.3 Å². The first-order valence-corrected chi connectivity index (χ1v) is 11.4. The molecule has 0 spiro atoms. The van der Waals surface area contributed by atoms with Crippen LogP contribution in [0.25, 0.3) is 5.76 Å². The first-order valence-electron chi connectivity index (χ1n) is 11.4. The highest BCUT2D eigenvalue weighted by Crippen LogP contribution is 2.44. The summed E-state index contributed by atoms with van der Waals surface area (Å²) in [5.74, 6) is -2.42. The van der Waals surface area contributed by atoms with Gasteiger partial charge >= 0.3 is 5.97 Å². The van der Waals surface area contributed by atoms with Gasteiger partial charge in [-0.05, 0) is 52.9 Å². The third-order valence-electron chi connectivity index (χ3n) is 6.15. The van der Waals surface area contributed by atoms with E-state index in [0.717, 1.165) is 5.56 Å². The van der Waals surface area contributed by atoms with Gasteiger partial charge in [-0.15, -0.1) is 0 Å². The molecule has 4 rings (SSSR count). The molecule has 1 saturated heterocycles. The van der Waals surface area contributed by atoms with Crippen molar-refractivity contribution >= 4 is 29.1 Å². The van der Waals surface area contributed by atoms with E-state index in [0.29, 0.717) is 17.0 Å². The normalized spacial score (nSPS) is 17.4. The smallest absolute Gasteiger partial charge is 0.307 e. The Kier molecular flexibility index (Phi) is 6.45. The minimum atomic E-state index is -1.03. The van der Waals surface area contributed by atoms with Crippen molar-refractivity contribution in [2.75, 3.05) is 12.0 Å². The summed E-state index contributed by atoms with van der Waals surface area (Å²) >= 11 is 0. The van der Waals surface area contributed by atoms with E-state index >= 15 is 0 Å². The Bertz CT molecular complexity index is 1350. The molecule has 1 atom stereocenters. The number of methoxy groups -OCH3 is 1. The molecule has 2 heterocycles. The number of amides is 1. The maximum Gasteiger partial charge on any atom is 0.307 e. The Morgan fingerprint density at radius 3 is 2.31 bits per heavy atom. The van der Waals surface area contributed by atoms with Gasteiger partial charge in [-0.2, -0.15) is 0 Å². The Morgan fingerprint density at radius 1 is 1.06 bits per heavy atom. The molecule has 0 bridgehead atoms. The van der Waals surface area contributed by atoms with Gasteiger partial charge in [0.2, 0.25) is 0 Å². The fraction of sp³-hybridized carbons (Fsp3) is 0.250. The van der Waals surface area contributed by atoms with Crippen LogP contribution in [0.5, 0.6) is 5.75 Å². The van der Waals surface area contributed by atoms with Crippen molar-refractivity contribution in [1.29, 1.82) is 0 Å². The summed E-state index contributed by atoms with van der Waals surface area (Å²) in [6.07, 6.45) is 1.25. The number of rotatable bonds is 6. The molecule has 0 radical (unpaired) electrons. The van der Waals surface area contributed by atoms with Gasteiger partial charge in [0.15, 0.2) is 0 Å². The minimum Gasteiger partial charge on any atom is -0.507 e. The second-order valence-electron chi connectivity index (χ2n) is 9.59.